The lowest BCUT2D eigenvalue weighted by molar-refractivity contribution is 0.0764. The molecular weight excluding hydrogens is 400 g/mol. The van der Waals surface area contributed by atoms with Gasteiger partial charge in [-0.2, -0.15) is 0 Å². The van der Waals surface area contributed by atoms with E-state index >= 15 is 0 Å². The van der Waals surface area contributed by atoms with E-state index in [1.54, 1.807) is 23.4 Å². The summed E-state index contributed by atoms with van der Waals surface area (Å²) in [6.07, 6.45) is 4.26. The molecule has 0 aliphatic rings. The number of rotatable bonds is 8. The third-order valence-electron chi connectivity index (χ3n) is 4.09. The summed E-state index contributed by atoms with van der Waals surface area (Å²) in [6.45, 7) is 3.14. The van der Waals surface area contributed by atoms with Crippen molar-refractivity contribution in [3.63, 3.8) is 0 Å². The highest BCUT2D eigenvalue weighted by molar-refractivity contribution is 9.10. The fourth-order valence-corrected chi connectivity index (χ4v) is 3.29. The van der Waals surface area contributed by atoms with Crippen LogP contribution in [0.1, 0.15) is 22.8 Å². The normalized spacial score (nSPS) is 10.3. The predicted octanol–water partition coefficient (Wildman–Crippen LogP) is 3.57. The van der Waals surface area contributed by atoms with Gasteiger partial charge in [0.2, 0.25) is 5.75 Å². The summed E-state index contributed by atoms with van der Waals surface area (Å²) in [6, 6.07) is 5.57. The van der Waals surface area contributed by atoms with Crippen molar-refractivity contribution in [1.29, 1.82) is 0 Å². The lowest BCUT2D eigenvalue weighted by Crippen LogP contribution is -2.33. The first kappa shape index (κ1) is 20.0. The SMILES string of the molecule is CCN(CCc1ccncc1)C(=O)c1cc(OC)c(OC)c(OC)c1Br. The van der Waals surface area contributed by atoms with Gasteiger partial charge in [0.15, 0.2) is 11.5 Å². The molecule has 6 nitrogen and oxygen atoms in total. The predicted molar refractivity (Wildman–Crippen MR) is 103 cm³/mol. The summed E-state index contributed by atoms with van der Waals surface area (Å²) in [5.41, 5.74) is 1.60. The number of hydrogen-bond acceptors (Lipinski definition) is 5. The zero-order chi connectivity index (χ0) is 19.1. The van der Waals surface area contributed by atoms with Gasteiger partial charge in [0, 0.05) is 25.5 Å². The third kappa shape index (κ3) is 4.27. The number of carbonyl (C=O) groups excluding carboxylic acids is 1. The summed E-state index contributed by atoms with van der Waals surface area (Å²) < 4.78 is 16.7. The van der Waals surface area contributed by atoms with Crippen molar-refractivity contribution < 1.29 is 19.0 Å². The van der Waals surface area contributed by atoms with Gasteiger partial charge in [0.1, 0.15) is 0 Å². The zero-order valence-electron chi connectivity index (χ0n) is 15.4. The Morgan fingerprint density at radius 2 is 1.77 bits per heavy atom. The van der Waals surface area contributed by atoms with E-state index < -0.39 is 0 Å². The fraction of sp³-hybridized carbons (Fsp3) is 0.368. The standard InChI is InChI=1S/C19H23BrN2O4/c1-5-22(11-8-13-6-9-21-10-7-13)19(23)14-12-15(24-2)17(25-3)18(26-4)16(14)20/h6-7,9-10,12H,5,8,11H2,1-4H3. The van der Waals surface area contributed by atoms with Crippen molar-refractivity contribution in [2.24, 2.45) is 0 Å². The second-order valence-electron chi connectivity index (χ2n) is 5.50. The number of amides is 1. The van der Waals surface area contributed by atoms with Crippen LogP contribution in [0.5, 0.6) is 17.2 Å². The molecule has 140 valence electrons. The van der Waals surface area contributed by atoms with Gasteiger partial charge in [-0.25, -0.2) is 0 Å². The molecule has 0 aliphatic carbocycles. The molecule has 0 saturated heterocycles. The maximum Gasteiger partial charge on any atom is 0.255 e. The fourth-order valence-electron chi connectivity index (χ4n) is 2.66. The Morgan fingerprint density at radius 3 is 2.31 bits per heavy atom. The van der Waals surface area contributed by atoms with Crippen molar-refractivity contribution >= 4 is 21.8 Å². The summed E-state index contributed by atoms with van der Waals surface area (Å²) in [5.74, 6) is 1.22. The van der Waals surface area contributed by atoms with E-state index in [1.807, 2.05) is 19.1 Å². The van der Waals surface area contributed by atoms with Crippen LogP contribution in [0.15, 0.2) is 35.1 Å². The molecule has 2 rings (SSSR count). The van der Waals surface area contributed by atoms with Gasteiger partial charge in [0.25, 0.3) is 5.91 Å². The zero-order valence-corrected chi connectivity index (χ0v) is 17.0. The number of nitrogens with zero attached hydrogens (tertiary/aromatic N) is 2. The molecule has 0 spiro atoms. The van der Waals surface area contributed by atoms with Gasteiger partial charge in [-0.15, -0.1) is 0 Å². The molecule has 1 aromatic carbocycles. The highest BCUT2D eigenvalue weighted by Crippen LogP contribution is 2.45. The van der Waals surface area contributed by atoms with Crippen LogP contribution >= 0.6 is 15.9 Å². The highest BCUT2D eigenvalue weighted by atomic mass is 79.9. The van der Waals surface area contributed by atoms with E-state index in [0.717, 1.165) is 12.0 Å². The largest absolute Gasteiger partial charge is 0.493 e. The molecule has 0 saturated carbocycles. The van der Waals surface area contributed by atoms with E-state index in [4.69, 9.17) is 14.2 Å². The van der Waals surface area contributed by atoms with Gasteiger partial charge in [0.05, 0.1) is 31.4 Å². The molecule has 0 radical (unpaired) electrons. The summed E-state index contributed by atoms with van der Waals surface area (Å²) >= 11 is 3.47. The number of carbonyl (C=O) groups is 1. The number of likely N-dealkylation sites (N-methyl/N-ethyl adjacent to an activating group) is 1. The maximum atomic E-state index is 13.1. The Labute approximate surface area is 162 Å². The molecule has 1 amide bonds. The monoisotopic (exact) mass is 422 g/mol. The average Bonchev–Trinajstić information content (AvgIpc) is 2.68. The Kier molecular flexibility index (Phi) is 7.26. The molecular formula is C19H23BrN2O4. The van der Waals surface area contributed by atoms with Crippen LogP contribution in [-0.4, -0.2) is 50.2 Å². The van der Waals surface area contributed by atoms with Crippen molar-refractivity contribution in [3.8, 4) is 17.2 Å². The molecule has 0 atom stereocenters. The summed E-state index contributed by atoms with van der Waals surface area (Å²) in [7, 11) is 4.58. The van der Waals surface area contributed by atoms with Crippen LogP contribution in [-0.2, 0) is 6.42 Å². The van der Waals surface area contributed by atoms with Crippen molar-refractivity contribution in [2.75, 3.05) is 34.4 Å². The molecule has 1 heterocycles. The minimum absolute atomic E-state index is 0.104. The maximum absolute atomic E-state index is 13.1. The molecule has 0 aliphatic heterocycles. The number of ether oxygens (including phenoxy) is 3. The Balaban J connectivity index is 2.31. The topological polar surface area (TPSA) is 60.9 Å². The van der Waals surface area contributed by atoms with Crippen molar-refractivity contribution in [1.82, 2.24) is 9.88 Å². The number of pyridine rings is 1. The Bertz CT molecular complexity index is 753. The number of methoxy groups -OCH3 is 3. The van der Waals surface area contributed by atoms with Gasteiger partial charge in [-0.05, 0) is 53.0 Å². The molecule has 26 heavy (non-hydrogen) atoms. The van der Waals surface area contributed by atoms with Crippen LogP contribution in [0.25, 0.3) is 0 Å². The van der Waals surface area contributed by atoms with Crippen LogP contribution in [0, 0.1) is 0 Å². The molecule has 0 bridgehead atoms. The first-order chi connectivity index (χ1) is 12.6. The minimum atomic E-state index is -0.104. The van der Waals surface area contributed by atoms with Crippen LogP contribution in [0.2, 0.25) is 0 Å². The van der Waals surface area contributed by atoms with E-state index in [2.05, 4.69) is 20.9 Å². The third-order valence-corrected chi connectivity index (χ3v) is 4.88. The highest BCUT2D eigenvalue weighted by Gasteiger charge is 2.25. The van der Waals surface area contributed by atoms with Crippen LogP contribution in [0.4, 0.5) is 0 Å². The summed E-state index contributed by atoms with van der Waals surface area (Å²) in [4.78, 5) is 18.9. The molecule has 0 N–H and O–H groups in total. The minimum Gasteiger partial charge on any atom is -0.493 e. The molecule has 0 unspecified atom stereocenters. The van der Waals surface area contributed by atoms with E-state index in [9.17, 15) is 4.79 Å². The Morgan fingerprint density at radius 1 is 1.12 bits per heavy atom. The van der Waals surface area contributed by atoms with Crippen LogP contribution < -0.4 is 14.2 Å². The molecule has 0 fully saturated rings. The molecule has 2 aromatic rings. The second kappa shape index (κ2) is 9.43. The average molecular weight is 423 g/mol. The second-order valence-corrected chi connectivity index (χ2v) is 6.29. The van der Waals surface area contributed by atoms with Gasteiger partial charge < -0.3 is 19.1 Å². The quantitative estimate of drug-likeness (QED) is 0.650. The number of benzene rings is 1. The van der Waals surface area contributed by atoms with Crippen LogP contribution in [0.3, 0.4) is 0 Å². The molecule has 7 heteroatoms. The van der Waals surface area contributed by atoms with Gasteiger partial charge in [-0.1, -0.05) is 0 Å². The summed E-state index contributed by atoms with van der Waals surface area (Å²) in [5, 5.41) is 0. The number of aromatic nitrogens is 1. The first-order valence-corrected chi connectivity index (χ1v) is 9.03. The van der Waals surface area contributed by atoms with E-state index in [0.29, 0.717) is 40.4 Å². The van der Waals surface area contributed by atoms with E-state index in [1.165, 1.54) is 21.3 Å². The smallest absolute Gasteiger partial charge is 0.255 e. The van der Waals surface area contributed by atoms with Gasteiger partial charge in [-0.3, -0.25) is 9.78 Å². The lowest BCUT2D eigenvalue weighted by Gasteiger charge is -2.23. The van der Waals surface area contributed by atoms with Crippen molar-refractivity contribution in [2.45, 2.75) is 13.3 Å². The van der Waals surface area contributed by atoms with Crippen molar-refractivity contribution in [3.05, 3.63) is 46.2 Å². The Hall–Kier alpha value is -2.28. The number of halogens is 1. The molecule has 1 aromatic heterocycles. The lowest BCUT2D eigenvalue weighted by atomic mass is 10.1. The first-order valence-electron chi connectivity index (χ1n) is 8.23. The van der Waals surface area contributed by atoms with E-state index in [-0.39, 0.29) is 5.91 Å². The van der Waals surface area contributed by atoms with Gasteiger partial charge >= 0.3 is 0 Å². The number of hydrogen-bond donors (Lipinski definition) is 0.